The number of aliphatic hydroxyl groups is 4. The van der Waals surface area contributed by atoms with Crippen molar-refractivity contribution in [2.75, 3.05) is 84.6 Å². The van der Waals surface area contributed by atoms with Crippen molar-refractivity contribution in [3.05, 3.63) is 12.7 Å². The molecule has 0 unspecified atom stereocenters. The molecule has 0 spiro atoms. The number of hydrogen-bond donors (Lipinski definition) is 4. The Hall–Kier alpha value is -6.30. The topological polar surface area (TPSA) is 433 Å². The van der Waals surface area contributed by atoms with Crippen LogP contribution in [0.25, 0.3) is 0 Å². The van der Waals surface area contributed by atoms with Crippen LogP contribution in [0.4, 0.5) is 0 Å². The van der Waals surface area contributed by atoms with E-state index in [1.54, 1.807) is 76.2 Å². The van der Waals surface area contributed by atoms with Crippen LogP contribution in [0.15, 0.2) is 12.7 Å². The van der Waals surface area contributed by atoms with Crippen molar-refractivity contribution in [2.24, 2.45) is 27.1 Å². The van der Waals surface area contributed by atoms with E-state index in [4.69, 9.17) is 105 Å². The minimum absolute atomic E-state index is 0. The third-order valence-corrected chi connectivity index (χ3v) is 15.0. The van der Waals surface area contributed by atoms with Gasteiger partial charge in [0.25, 0.3) is 0 Å². The summed E-state index contributed by atoms with van der Waals surface area (Å²) >= 11 is 9.53. The van der Waals surface area contributed by atoms with E-state index < -0.39 is 136 Å². The highest BCUT2D eigenvalue weighted by Gasteiger charge is 2.59. The number of carbonyl (C=O) groups excluding carboxylic acids is 12. The van der Waals surface area contributed by atoms with Gasteiger partial charge in [-0.1, -0.05) is 20.4 Å². The summed E-state index contributed by atoms with van der Waals surface area (Å²) < 4.78 is 79.7. The fraction of sp³-hybridized carbons (Fsp3) is 0.794. The number of rotatable bonds is 28. The van der Waals surface area contributed by atoms with E-state index in [0.717, 1.165) is 6.42 Å². The van der Waals surface area contributed by atoms with E-state index in [9.17, 15) is 62.6 Å². The van der Waals surface area contributed by atoms with Gasteiger partial charge in [-0.15, -0.1) is 29.8 Å². The molecule has 32 nitrogen and oxygen atoms in total. The highest BCUT2D eigenvalue weighted by Crippen LogP contribution is 2.43. The molecule has 35 heteroatoms. The number of alkyl halides is 2. The Bertz CT molecular complexity index is 2510. The van der Waals surface area contributed by atoms with Crippen LogP contribution in [0.2, 0.25) is 0 Å². The maximum Gasteiger partial charge on any atom is 0.336 e. The maximum atomic E-state index is 12.1. The molecule has 15 atom stereocenters. The second-order valence-corrected chi connectivity index (χ2v) is 24.3. The quantitative estimate of drug-likeness (QED) is 0.0242. The van der Waals surface area contributed by atoms with E-state index in [-0.39, 0.29) is 143 Å². The molecular weight excluding hydrogens is 1410 g/mol. The van der Waals surface area contributed by atoms with E-state index >= 15 is 0 Å². The van der Waals surface area contributed by atoms with Gasteiger partial charge < -0.3 is 96.2 Å². The summed E-state index contributed by atoms with van der Waals surface area (Å²) in [4.78, 5) is 138. The monoisotopic (exact) mass is 1530 g/mol. The number of hydrogen-bond acceptors (Lipinski definition) is 32. The predicted octanol–water partition coefficient (Wildman–Crippen LogP) is 5.64. The van der Waals surface area contributed by atoms with Crippen LogP contribution < -0.4 is 0 Å². The molecule has 4 heterocycles. The number of aliphatic hydroxyl groups excluding tert-OH is 4. The van der Waals surface area contributed by atoms with Gasteiger partial charge in [-0.25, -0.2) is 24.0 Å². The lowest BCUT2D eigenvalue weighted by molar-refractivity contribution is -0.187. The van der Waals surface area contributed by atoms with E-state index in [2.05, 4.69) is 16.1 Å². The normalized spacial score (nSPS) is 25.5. The zero-order valence-electron chi connectivity index (χ0n) is 62.5. The predicted molar refractivity (Wildman–Crippen MR) is 370 cm³/mol. The van der Waals surface area contributed by atoms with Crippen molar-refractivity contribution in [2.45, 2.75) is 239 Å². The number of allylic oxidation sites excluding steroid dienone is 1. The minimum atomic E-state index is -1.56. The van der Waals surface area contributed by atoms with Crippen molar-refractivity contribution in [3.63, 3.8) is 0 Å². The van der Waals surface area contributed by atoms with Crippen LogP contribution in [-0.4, -0.2) is 247 Å². The number of carbonyl (C=O) groups is 12. The van der Waals surface area contributed by atoms with Gasteiger partial charge in [0.05, 0.1) is 109 Å². The highest BCUT2D eigenvalue weighted by molar-refractivity contribution is 6.40. The lowest BCUT2D eigenvalue weighted by atomic mass is 9.81. The Morgan fingerprint density at radius 3 is 1.16 bits per heavy atom. The summed E-state index contributed by atoms with van der Waals surface area (Å²) in [5.41, 5.74) is -5.01. The van der Waals surface area contributed by atoms with Gasteiger partial charge in [-0.2, -0.15) is 0 Å². The molecule has 0 aliphatic carbocycles. The molecule has 4 saturated heterocycles. The first-order chi connectivity index (χ1) is 47.2. The Morgan fingerprint density at radius 1 is 0.515 bits per heavy atom. The third-order valence-electron chi connectivity index (χ3n) is 15.0. The summed E-state index contributed by atoms with van der Waals surface area (Å²) in [6.07, 6.45) is -5.61. The molecule has 4 aliphatic rings. The van der Waals surface area contributed by atoms with Crippen molar-refractivity contribution in [3.8, 4) is 0 Å². The summed E-state index contributed by atoms with van der Waals surface area (Å²) in [7, 11) is 0. The van der Waals surface area contributed by atoms with Gasteiger partial charge in [0.1, 0.15) is 21.7 Å². The second-order valence-electron chi connectivity index (χ2n) is 23.5. The zero-order valence-corrected chi connectivity index (χ0v) is 64.1. The van der Waals surface area contributed by atoms with Crippen molar-refractivity contribution in [1.82, 2.24) is 0 Å². The van der Waals surface area contributed by atoms with Crippen LogP contribution in [0.1, 0.15) is 178 Å². The lowest BCUT2D eigenvalue weighted by Gasteiger charge is -2.29. The minimum Gasteiger partial charge on any atom is -0.466 e. The molecule has 0 amide bonds. The smallest absolute Gasteiger partial charge is 0.336 e. The average molecular weight is 1530 g/mol. The SMILES string of the molecule is C.C=CC[C@](C)(C(=O)OCC)[C@@H](O)C(=O)OCC.CCOC(=O)C[C@@H](O)C(=O)OCC.CCOC(=O)[C@@H]1O[C@H](C)C[C@@]1(C)C(=O)OCC.CCOC(=O)[C@@H]1O[C@H](OC(C)=O)C[C@@]1(C)C(=O)OCC.CCOC(=O)[C@@H]1O[C@H](OC(C)=O)C[C@@]1(C)C(=O)OCC.C[C@@H]1C[C@@](C)(CO)[C@H](CO)O1.ClCCl.[B]. The lowest BCUT2D eigenvalue weighted by Crippen LogP contribution is -2.46. The molecule has 4 fully saturated rings. The molecule has 4 aliphatic heterocycles. The third kappa shape index (κ3) is 35.1. The zero-order chi connectivity index (χ0) is 78.7. The van der Waals surface area contributed by atoms with E-state index in [1.807, 2.05) is 20.8 Å². The van der Waals surface area contributed by atoms with Gasteiger partial charge in [0.2, 0.25) is 12.6 Å². The molecule has 597 valence electrons. The summed E-state index contributed by atoms with van der Waals surface area (Å²) in [6.45, 7) is 36.6. The fourth-order valence-corrected chi connectivity index (χ4v) is 10.1. The van der Waals surface area contributed by atoms with Gasteiger partial charge in [-0.05, 0) is 130 Å². The van der Waals surface area contributed by atoms with Crippen LogP contribution >= 0.6 is 23.2 Å². The molecule has 0 aromatic heterocycles. The van der Waals surface area contributed by atoms with E-state index in [1.165, 1.54) is 40.7 Å². The van der Waals surface area contributed by atoms with Crippen LogP contribution in [0.5, 0.6) is 0 Å². The van der Waals surface area contributed by atoms with Gasteiger partial charge in [0, 0.05) is 40.5 Å². The van der Waals surface area contributed by atoms with Gasteiger partial charge in [0.15, 0.2) is 30.5 Å². The van der Waals surface area contributed by atoms with Gasteiger partial charge >= 0.3 is 71.6 Å². The molecule has 3 radical (unpaired) electrons. The largest absolute Gasteiger partial charge is 0.466 e. The van der Waals surface area contributed by atoms with Crippen LogP contribution in [0.3, 0.4) is 0 Å². The Kier molecular flexibility index (Phi) is 55.5. The summed E-state index contributed by atoms with van der Waals surface area (Å²) in [6, 6.07) is 0. The molecule has 103 heavy (non-hydrogen) atoms. The average Bonchev–Trinajstić information content (AvgIpc) is 1.80. The highest BCUT2D eigenvalue weighted by atomic mass is 35.5. The molecule has 0 bridgehead atoms. The van der Waals surface area contributed by atoms with Crippen molar-refractivity contribution < 1.29 is 154 Å². The van der Waals surface area contributed by atoms with Crippen LogP contribution in [0, 0.1) is 27.1 Å². The van der Waals surface area contributed by atoms with Crippen LogP contribution in [-0.2, 0) is 133 Å². The Balaban J connectivity index is -0.000000372. The maximum absolute atomic E-state index is 12.1. The fourth-order valence-electron chi connectivity index (χ4n) is 10.1. The molecule has 4 rings (SSSR count). The summed E-state index contributed by atoms with van der Waals surface area (Å²) in [5.74, 6) is -7.36. The summed E-state index contributed by atoms with van der Waals surface area (Å²) in [5, 5.41) is 37.1. The first-order valence-corrected chi connectivity index (χ1v) is 34.2. The first-order valence-electron chi connectivity index (χ1n) is 33.2. The van der Waals surface area contributed by atoms with Crippen molar-refractivity contribution in [1.29, 1.82) is 0 Å². The van der Waals surface area contributed by atoms with Gasteiger partial charge in [-0.3, -0.25) is 33.6 Å². The molecular formula is C68H116BCl2O32. The Labute approximate surface area is 617 Å². The molecule has 0 saturated carbocycles. The number of halogens is 2. The molecule has 0 aromatic carbocycles. The van der Waals surface area contributed by atoms with E-state index in [0.29, 0.717) is 13.0 Å². The first kappa shape index (κ1) is 105. The van der Waals surface area contributed by atoms with Crippen molar-refractivity contribution >= 4 is 103 Å². The number of esters is 12. The number of ether oxygens (including phenoxy) is 16. The standard InChI is InChI=1S/2C13H20O7.2C12H20O5.C8H14O5.C8H16O3.CH2Cl2.CH4.B/c2*1-5-17-11(15)10-13(4,12(16)18-6-2)7-9(20-10)19-8(3)14;1-5-15-10(13)9-12(4,7-8(3)17-9)11(14)16-6-2;1-5-8-12(4,11(15)17-7-3)9(13)10(14)16-6-2;1-3-12-7(10)5-6(9)8(11)13-4-2;1-6-3-8(2,5-10)7(4-9)11-6;2-1-3;;/h2*9-10H,5-7H2,1-4H3;8-9H,5-7H2,1-4H3;5,9,13H,1,6-8H2,2-4H3;6,9H,3-5H2,1-2H3;6-7,9-10H,3-5H2,1-2H3;1H2;1H4;/t2*9-,10-,13+;8-,9+,12-;9-,12-;6-;6-,7+,8+;;;/m001011.../s1. The molecule has 4 N–H and O–H groups in total. The Morgan fingerprint density at radius 2 is 0.845 bits per heavy atom. The second kappa shape index (κ2) is 54.3. The molecule has 0 aromatic rings.